The minimum atomic E-state index is -0.0715. The fourth-order valence-electron chi connectivity index (χ4n) is 3.21. The van der Waals surface area contributed by atoms with Gasteiger partial charge >= 0.3 is 0 Å². The highest BCUT2D eigenvalue weighted by Gasteiger charge is 2.18. The van der Waals surface area contributed by atoms with Gasteiger partial charge in [0, 0.05) is 34.9 Å². The molecule has 3 rings (SSSR count). The second-order valence-electron chi connectivity index (χ2n) is 7.19. The molecule has 0 aliphatic heterocycles. The van der Waals surface area contributed by atoms with Gasteiger partial charge in [0.1, 0.15) is 22.9 Å². The Bertz CT molecular complexity index is 1080. The van der Waals surface area contributed by atoms with Gasteiger partial charge in [-0.2, -0.15) is 0 Å². The Balaban J connectivity index is 1.78. The van der Waals surface area contributed by atoms with Crippen molar-refractivity contribution in [2.75, 3.05) is 13.6 Å². The molecule has 0 aliphatic rings. The third kappa shape index (κ3) is 4.97. The second kappa shape index (κ2) is 9.71. The van der Waals surface area contributed by atoms with Crippen molar-refractivity contribution < 1.29 is 14.0 Å². The molecule has 30 heavy (non-hydrogen) atoms. The summed E-state index contributed by atoms with van der Waals surface area (Å²) >= 11 is 3.48. The standard InChI is InChI=1S/C23H24BrN3O3/c1-15(11-12-27(3)23(29)17-7-5-4-6-8-17)22(25-14-28)26-21-16(2)30-20-10-9-18(24)13-19(20)21/h4-10,13-15H,11-12H2,1-3H3,(H,25,26,28). The summed E-state index contributed by atoms with van der Waals surface area (Å²) in [5.74, 6) is 1.11. The fraction of sp³-hybridized carbons (Fsp3) is 0.261. The number of furan rings is 1. The maximum Gasteiger partial charge on any atom is 0.253 e. The van der Waals surface area contributed by atoms with Crippen molar-refractivity contribution in [2.24, 2.45) is 10.9 Å². The number of nitrogens with zero attached hydrogens (tertiary/aromatic N) is 2. The molecule has 1 aromatic heterocycles. The van der Waals surface area contributed by atoms with Crippen LogP contribution in [-0.4, -0.2) is 36.6 Å². The predicted octanol–water partition coefficient (Wildman–Crippen LogP) is 5.08. The number of carbonyl (C=O) groups excluding carboxylic acids is 2. The number of rotatable bonds is 7. The van der Waals surface area contributed by atoms with Crippen LogP contribution in [0.2, 0.25) is 0 Å². The summed E-state index contributed by atoms with van der Waals surface area (Å²) in [6.45, 7) is 4.36. The number of halogens is 1. The highest BCUT2D eigenvalue weighted by Crippen LogP contribution is 2.35. The van der Waals surface area contributed by atoms with E-state index in [4.69, 9.17) is 9.41 Å². The lowest BCUT2D eigenvalue weighted by atomic mass is 10.1. The zero-order valence-electron chi connectivity index (χ0n) is 17.2. The number of benzene rings is 2. The van der Waals surface area contributed by atoms with Gasteiger partial charge in [-0.05, 0) is 43.7 Å². The van der Waals surface area contributed by atoms with E-state index in [1.54, 1.807) is 24.1 Å². The summed E-state index contributed by atoms with van der Waals surface area (Å²) in [7, 11) is 1.78. The lowest BCUT2D eigenvalue weighted by Gasteiger charge is -2.20. The minimum absolute atomic E-state index is 0.0360. The van der Waals surface area contributed by atoms with Gasteiger partial charge in [0.05, 0.1) is 0 Å². The van der Waals surface area contributed by atoms with Crippen molar-refractivity contribution in [3.63, 3.8) is 0 Å². The number of nitrogens with one attached hydrogen (secondary N) is 1. The lowest BCUT2D eigenvalue weighted by molar-refractivity contribution is -0.108. The molecular formula is C23H24BrN3O3. The molecule has 6 nitrogen and oxygen atoms in total. The van der Waals surface area contributed by atoms with Crippen LogP contribution in [0.4, 0.5) is 5.69 Å². The van der Waals surface area contributed by atoms with Crippen molar-refractivity contribution in [3.8, 4) is 0 Å². The van der Waals surface area contributed by atoms with Gasteiger partial charge < -0.3 is 14.6 Å². The molecule has 0 spiro atoms. The Kier molecular flexibility index (Phi) is 7.05. The van der Waals surface area contributed by atoms with Crippen LogP contribution in [0, 0.1) is 12.8 Å². The molecular weight excluding hydrogens is 446 g/mol. The van der Waals surface area contributed by atoms with Gasteiger partial charge in [-0.3, -0.25) is 9.59 Å². The monoisotopic (exact) mass is 469 g/mol. The third-order valence-electron chi connectivity index (χ3n) is 4.96. The van der Waals surface area contributed by atoms with Crippen LogP contribution in [-0.2, 0) is 4.79 Å². The molecule has 7 heteroatoms. The summed E-state index contributed by atoms with van der Waals surface area (Å²) in [6.07, 6.45) is 1.27. The molecule has 0 fully saturated rings. The molecule has 0 bridgehead atoms. The summed E-state index contributed by atoms with van der Waals surface area (Å²) in [5, 5.41) is 3.60. The lowest BCUT2D eigenvalue weighted by Crippen LogP contribution is -2.33. The Morgan fingerprint density at radius 2 is 2.00 bits per heavy atom. The molecule has 0 saturated carbocycles. The summed E-state index contributed by atoms with van der Waals surface area (Å²) in [5.41, 5.74) is 2.08. The molecule has 1 atom stereocenters. The van der Waals surface area contributed by atoms with Gasteiger partial charge in [-0.25, -0.2) is 4.99 Å². The van der Waals surface area contributed by atoms with E-state index in [0.717, 1.165) is 15.4 Å². The molecule has 1 N–H and O–H groups in total. The van der Waals surface area contributed by atoms with E-state index in [2.05, 4.69) is 21.2 Å². The zero-order chi connectivity index (χ0) is 21.7. The van der Waals surface area contributed by atoms with Gasteiger partial charge in [-0.1, -0.05) is 41.1 Å². The van der Waals surface area contributed by atoms with Crippen LogP contribution in [0.25, 0.3) is 11.0 Å². The molecule has 1 heterocycles. The van der Waals surface area contributed by atoms with Crippen molar-refractivity contribution in [3.05, 3.63) is 64.3 Å². The van der Waals surface area contributed by atoms with Crippen LogP contribution < -0.4 is 5.32 Å². The molecule has 2 aromatic carbocycles. The first-order valence-electron chi connectivity index (χ1n) is 9.68. The molecule has 0 radical (unpaired) electrons. The third-order valence-corrected chi connectivity index (χ3v) is 5.46. The van der Waals surface area contributed by atoms with Crippen LogP contribution >= 0.6 is 15.9 Å². The molecule has 3 aromatic rings. The molecule has 0 aliphatic carbocycles. The van der Waals surface area contributed by atoms with E-state index in [-0.39, 0.29) is 11.8 Å². The van der Waals surface area contributed by atoms with E-state index < -0.39 is 0 Å². The zero-order valence-corrected chi connectivity index (χ0v) is 18.8. The van der Waals surface area contributed by atoms with Crippen molar-refractivity contribution in [2.45, 2.75) is 20.3 Å². The SMILES string of the molecule is Cc1oc2ccc(Br)cc2c1N=C(NC=O)C(C)CCN(C)C(=O)c1ccccc1. The van der Waals surface area contributed by atoms with E-state index in [9.17, 15) is 9.59 Å². The molecule has 156 valence electrons. The summed E-state index contributed by atoms with van der Waals surface area (Å²) in [6, 6.07) is 14.9. The maximum atomic E-state index is 12.5. The number of fused-ring (bicyclic) bond motifs is 1. The first-order chi connectivity index (χ1) is 14.4. The van der Waals surface area contributed by atoms with Crippen LogP contribution in [0.15, 0.2) is 62.4 Å². The number of hydrogen-bond acceptors (Lipinski definition) is 4. The highest BCUT2D eigenvalue weighted by atomic mass is 79.9. The molecule has 0 saturated heterocycles. The first-order valence-corrected chi connectivity index (χ1v) is 10.5. The number of aryl methyl sites for hydroxylation is 1. The normalized spacial score (nSPS) is 12.6. The predicted molar refractivity (Wildman–Crippen MR) is 122 cm³/mol. The smallest absolute Gasteiger partial charge is 0.253 e. The fourth-order valence-corrected chi connectivity index (χ4v) is 3.57. The van der Waals surface area contributed by atoms with E-state index in [1.807, 2.05) is 50.2 Å². The van der Waals surface area contributed by atoms with Crippen LogP contribution in [0.3, 0.4) is 0 Å². The Hall–Kier alpha value is -2.93. The number of hydrogen-bond donors (Lipinski definition) is 1. The van der Waals surface area contributed by atoms with Crippen molar-refractivity contribution >= 4 is 50.7 Å². The van der Waals surface area contributed by atoms with Gasteiger partial charge in [-0.15, -0.1) is 0 Å². The van der Waals surface area contributed by atoms with Gasteiger partial charge in [0.25, 0.3) is 5.91 Å². The number of carbonyl (C=O) groups is 2. The quantitative estimate of drug-likeness (QED) is 0.297. The first kappa shape index (κ1) is 21.8. The largest absolute Gasteiger partial charge is 0.459 e. The van der Waals surface area contributed by atoms with Gasteiger partial charge in [0.15, 0.2) is 0 Å². The van der Waals surface area contributed by atoms with Crippen molar-refractivity contribution in [1.82, 2.24) is 10.2 Å². The molecule has 1 unspecified atom stereocenters. The average Bonchev–Trinajstić information content (AvgIpc) is 3.05. The average molecular weight is 470 g/mol. The maximum absolute atomic E-state index is 12.5. The topological polar surface area (TPSA) is 74.9 Å². The minimum Gasteiger partial charge on any atom is -0.459 e. The number of amidine groups is 1. The van der Waals surface area contributed by atoms with E-state index in [1.165, 1.54) is 0 Å². The van der Waals surface area contributed by atoms with Gasteiger partial charge in [0.2, 0.25) is 6.41 Å². The number of amides is 2. The van der Waals surface area contributed by atoms with Crippen LogP contribution in [0.1, 0.15) is 29.5 Å². The Labute approximate surface area is 184 Å². The molecule has 2 amide bonds. The van der Waals surface area contributed by atoms with E-state index >= 15 is 0 Å². The summed E-state index contributed by atoms with van der Waals surface area (Å²) < 4.78 is 6.72. The van der Waals surface area contributed by atoms with E-state index in [0.29, 0.717) is 42.2 Å². The number of aliphatic imine (C=N–C) groups is 1. The Morgan fingerprint density at radius 3 is 2.70 bits per heavy atom. The Morgan fingerprint density at radius 1 is 1.27 bits per heavy atom. The van der Waals surface area contributed by atoms with Crippen LogP contribution in [0.5, 0.6) is 0 Å². The summed E-state index contributed by atoms with van der Waals surface area (Å²) in [4.78, 5) is 30.1. The van der Waals surface area contributed by atoms with Crippen molar-refractivity contribution in [1.29, 1.82) is 0 Å². The highest BCUT2D eigenvalue weighted by molar-refractivity contribution is 9.10. The second-order valence-corrected chi connectivity index (χ2v) is 8.10.